The van der Waals surface area contributed by atoms with Gasteiger partial charge in [0.25, 0.3) is 0 Å². The summed E-state index contributed by atoms with van der Waals surface area (Å²) < 4.78 is 5.18. The van der Waals surface area contributed by atoms with Gasteiger partial charge in [0, 0.05) is 12.1 Å². The number of aryl methyl sites for hydroxylation is 1. The zero-order valence-corrected chi connectivity index (χ0v) is 11.8. The van der Waals surface area contributed by atoms with Crippen LogP contribution in [-0.4, -0.2) is 26.2 Å². The lowest BCUT2D eigenvalue weighted by atomic mass is 9.86. The summed E-state index contributed by atoms with van der Waals surface area (Å²) in [5.41, 5.74) is 1.09. The molecule has 0 radical (unpaired) electrons. The second kappa shape index (κ2) is 5.40. The molecule has 0 fully saturated rings. The van der Waals surface area contributed by atoms with Gasteiger partial charge < -0.3 is 9.63 Å². The largest absolute Gasteiger partial charge is 0.481 e. The van der Waals surface area contributed by atoms with E-state index in [1.54, 1.807) is 0 Å². The van der Waals surface area contributed by atoms with E-state index in [1.165, 1.54) is 0 Å². The van der Waals surface area contributed by atoms with E-state index in [0.29, 0.717) is 23.8 Å². The molecule has 0 unspecified atom stereocenters. The van der Waals surface area contributed by atoms with E-state index in [-0.39, 0.29) is 6.42 Å². The number of aliphatic carboxylic acids is 1. The summed E-state index contributed by atoms with van der Waals surface area (Å²) in [6.07, 6.45) is 0.464. The highest BCUT2D eigenvalue weighted by Crippen LogP contribution is 2.26. The van der Waals surface area contributed by atoms with Crippen molar-refractivity contribution in [3.05, 3.63) is 29.8 Å². The first-order valence-corrected chi connectivity index (χ1v) is 6.34. The van der Waals surface area contributed by atoms with Crippen LogP contribution in [0.4, 0.5) is 0 Å². The maximum absolute atomic E-state index is 10.8. The molecule has 20 heavy (non-hydrogen) atoms. The Bertz CT molecular complexity index is 620. The fraction of sp³-hybridized carbons (Fsp3) is 0.429. The monoisotopic (exact) mass is 275 g/mol. The molecule has 2 rings (SSSR count). The van der Waals surface area contributed by atoms with Crippen LogP contribution < -0.4 is 0 Å². The van der Waals surface area contributed by atoms with Crippen molar-refractivity contribution in [2.75, 3.05) is 0 Å². The number of pyridine rings is 1. The van der Waals surface area contributed by atoms with Gasteiger partial charge in [-0.1, -0.05) is 25.1 Å². The van der Waals surface area contributed by atoms with E-state index in [9.17, 15) is 4.79 Å². The van der Waals surface area contributed by atoms with E-state index >= 15 is 0 Å². The Labute approximate surface area is 116 Å². The molecule has 0 aromatic carbocycles. The lowest BCUT2D eigenvalue weighted by Crippen LogP contribution is -2.19. The predicted molar refractivity (Wildman–Crippen MR) is 72.0 cm³/mol. The number of carboxylic acid groups (broad SMARTS) is 1. The molecule has 6 nitrogen and oxygen atoms in total. The Hall–Kier alpha value is -2.24. The van der Waals surface area contributed by atoms with Crippen molar-refractivity contribution >= 4 is 5.97 Å². The van der Waals surface area contributed by atoms with Crippen molar-refractivity contribution < 1.29 is 14.4 Å². The molecule has 0 aliphatic carbocycles. The van der Waals surface area contributed by atoms with Gasteiger partial charge in [0.1, 0.15) is 5.69 Å². The molecule has 0 spiro atoms. The summed E-state index contributed by atoms with van der Waals surface area (Å²) >= 11 is 0. The van der Waals surface area contributed by atoms with Gasteiger partial charge in [-0.05, 0) is 24.5 Å². The van der Waals surface area contributed by atoms with E-state index < -0.39 is 11.4 Å². The number of carbonyl (C=O) groups is 1. The molecule has 106 valence electrons. The maximum atomic E-state index is 10.8. The molecule has 2 heterocycles. The van der Waals surface area contributed by atoms with Crippen LogP contribution in [0.3, 0.4) is 0 Å². The van der Waals surface area contributed by atoms with Crippen LogP contribution in [0.1, 0.15) is 31.9 Å². The average molecular weight is 275 g/mol. The summed E-state index contributed by atoms with van der Waals surface area (Å²) in [5, 5.41) is 12.8. The fourth-order valence-corrected chi connectivity index (χ4v) is 1.98. The van der Waals surface area contributed by atoms with Crippen molar-refractivity contribution in [2.45, 2.75) is 33.6 Å². The third-order valence-corrected chi connectivity index (χ3v) is 2.85. The van der Waals surface area contributed by atoms with Gasteiger partial charge in [-0.2, -0.15) is 4.98 Å². The van der Waals surface area contributed by atoms with Gasteiger partial charge in [0.15, 0.2) is 0 Å². The second-order valence-electron chi connectivity index (χ2n) is 5.59. The van der Waals surface area contributed by atoms with E-state index in [1.807, 2.05) is 39.0 Å². The van der Waals surface area contributed by atoms with Crippen LogP contribution in [0.5, 0.6) is 0 Å². The van der Waals surface area contributed by atoms with Gasteiger partial charge in [0.05, 0.1) is 6.42 Å². The molecular formula is C14H17N3O3. The van der Waals surface area contributed by atoms with E-state index in [2.05, 4.69) is 15.1 Å². The third kappa shape index (κ3) is 3.63. The summed E-state index contributed by atoms with van der Waals surface area (Å²) in [5.74, 6) is 0.0134. The summed E-state index contributed by atoms with van der Waals surface area (Å²) in [6, 6.07) is 5.58. The zero-order valence-electron chi connectivity index (χ0n) is 11.8. The Morgan fingerprint density at radius 1 is 1.35 bits per heavy atom. The van der Waals surface area contributed by atoms with Gasteiger partial charge in [-0.15, -0.1) is 0 Å². The number of hydrogen-bond acceptors (Lipinski definition) is 5. The topological polar surface area (TPSA) is 89.1 Å². The van der Waals surface area contributed by atoms with Gasteiger partial charge in [-0.25, -0.2) is 4.98 Å². The average Bonchev–Trinajstić information content (AvgIpc) is 2.74. The fourth-order valence-electron chi connectivity index (χ4n) is 1.98. The molecule has 0 saturated heterocycles. The standard InChI is InChI=1S/C14H17N3O3/c1-9-5-4-6-10(15-9)13-16-11(20-17-13)7-14(2,3)8-12(18)19/h4-6H,7-8H2,1-3H3,(H,18,19). The molecule has 2 aromatic rings. The van der Waals surface area contributed by atoms with E-state index in [4.69, 9.17) is 9.63 Å². The molecule has 0 saturated carbocycles. The molecule has 0 bridgehead atoms. The highest BCUT2D eigenvalue weighted by atomic mass is 16.5. The quantitative estimate of drug-likeness (QED) is 0.901. The lowest BCUT2D eigenvalue weighted by molar-refractivity contribution is -0.139. The van der Waals surface area contributed by atoms with Gasteiger partial charge >= 0.3 is 5.97 Å². The summed E-state index contributed by atoms with van der Waals surface area (Å²) in [4.78, 5) is 19.4. The molecule has 0 amide bonds. The highest BCUT2D eigenvalue weighted by Gasteiger charge is 2.25. The van der Waals surface area contributed by atoms with Crippen molar-refractivity contribution in [3.63, 3.8) is 0 Å². The molecule has 2 aromatic heterocycles. The van der Waals surface area contributed by atoms with Crippen LogP contribution in [0, 0.1) is 12.3 Å². The van der Waals surface area contributed by atoms with Crippen molar-refractivity contribution in [1.29, 1.82) is 0 Å². The minimum absolute atomic E-state index is 0.0490. The minimum Gasteiger partial charge on any atom is -0.481 e. The number of aromatic nitrogens is 3. The third-order valence-electron chi connectivity index (χ3n) is 2.85. The van der Waals surface area contributed by atoms with Crippen LogP contribution in [0.25, 0.3) is 11.5 Å². The van der Waals surface area contributed by atoms with Crippen LogP contribution in [0.2, 0.25) is 0 Å². The number of rotatable bonds is 5. The lowest BCUT2D eigenvalue weighted by Gasteiger charge is -2.19. The highest BCUT2D eigenvalue weighted by molar-refractivity contribution is 5.67. The molecule has 0 atom stereocenters. The second-order valence-corrected chi connectivity index (χ2v) is 5.59. The first kappa shape index (κ1) is 14.2. The molecule has 0 aliphatic rings. The molecule has 1 N–H and O–H groups in total. The van der Waals surface area contributed by atoms with Crippen LogP contribution >= 0.6 is 0 Å². The minimum atomic E-state index is -0.838. The molecule has 0 aliphatic heterocycles. The number of carboxylic acids is 1. The normalized spacial score (nSPS) is 11.6. The van der Waals surface area contributed by atoms with Crippen LogP contribution in [-0.2, 0) is 11.2 Å². The van der Waals surface area contributed by atoms with Crippen molar-refractivity contribution in [1.82, 2.24) is 15.1 Å². The SMILES string of the molecule is Cc1cccc(-c2noc(CC(C)(C)CC(=O)O)n2)n1. The molecule has 6 heteroatoms. The Kier molecular flexibility index (Phi) is 3.83. The predicted octanol–water partition coefficient (Wildman–Crippen LogP) is 2.48. The number of hydrogen-bond donors (Lipinski definition) is 1. The summed E-state index contributed by atoms with van der Waals surface area (Å²) in [6.45, 7) is 5.60. The Balaban J connectivity index is 2.15. The first-order valence-electron chi connectivity index (χ1n) is 6.34. The number of nitrogens with zero attached hydrogens (tertiary/aromatic N) is 3. The van der Waals surface area contributed by atoms with Gasteiger partial charge in [0.2, 0.25) is 11.7 Å². The van der Waals surface area contributed by atoms with Gasteiger partial charge in [-0.3, -0.25) is 4.79 Å². The van der Waals surface area contributed by atoms with E-state index in [0.717, 1.165) is 5.69 Å². The zero-order chi connectivity index (χ0) is 14.8. The van der Waals surface area contributed by atoms with Crippen LogP contribution in [0.15, 0.2) is 22.7 Å². The van der Waals surface area contributed by atoms with Crippen molar-refractivity contribution in [3.8, 4) is 11.5 Å². The Morgan fingerprint density at radius 3 is 2.75 bits per heavy atom. The summed E-state index contributed by atoms with van der Waals surface area (Å²) in [7, 11) is 0. The smallest absolute Gasteiger partial charge is 0.303 e. The first-order chi connectivity index (χ1) is 9.35. The van der Waals surface area contributed by atoms with Crippen molar-refractivity contribution in [2.24, 2.45) is 5.41 Å². The molecular weight excluding hydrogens is 258 g/mol. The Morgan fingerprint density at radius 2 is 2.10 bits per heavy atom. The maximum Gasteiger partial charge on any atom is 0.303 e.